The van der Waals surface area contributed by atoms with Gasteiger partial charge < -0.3 is 15.7 Å². The van der Waals surface area contributed by atoms with Gasteiger partial charge in [0.15, 0.2) is 5.78 Å². The molecule has 1 aromatic rings. The Kier molecular flexibility index (Phi) is 6.42. The van der Waals surface area contributed by atoms with Gasteiger partial charge in [0.1, 0.15) is 5.82 Å². The van der Waals surface area contributed by atoms with Gasteiger partial charge in [0.05, 0.1) is 12.6 Å². The van der Waals surface area contributed by atoms with E-state index < -0.39 is 18.1 Å². The fourth-order valence-electron chi connectivity index (χ4n) is 1.68. The third kappa shape index (κ3) is 5.64. The van der Waals surface area contributed by atoms with Crippen molar-refractivity contribution < 1.29 is 19.1 Å². The maximum absolute atomic E-state index is 12.9. The Labute approximate surface area is 116 Å². The molecule has 1 rings (SSSR count). The standard InChI is InChI=1S/C13H18FN3O3/c1-2-3-5-9(16-13(19)20)10(18)8-15-12-7-4-6-11(14)17-12/h4,6-7,9,16H,2-3,5,8H2,1H3,(H,15,17)(H,19,20). The maximum atomic E-state index is 12.9. The van der Waals surface area contributed by atoms with Gasteiger partial charge in [-0.2, -0.15) is 4.39 Å². The lowest BCUT2D eigenvalue weighted by atomic mass is 10.1. The Morgan fingerprint density at radius 1 is 1.45 bits per heavy atom. The number of unbranched alkanes of at least 4 members (excludes halogenated alkanes) is 1. The Balaban J connectivity index is 2.54. The molecule has 0 aliphatic rings. The summed E-state index contributed by atoms with van der Waals surface area (Å²) >= 11 is 0. The van der Waals surface area contributed by atoms with E-state index in [0.717, 1.165) is 12.8 Å². The van der Waals surface area contributed by atoms with E-state index in [1.165, 1.54) is 18.2 Å². The number of anilines is 1. The summed E-state index contributed by atoms with van der Waals surface area (Å²) in [4.78, 5) is 26.1. The molecule has 7 heteroatoms. The molecular formula is C13H18FN3O3. The van der Waals surface area contributed by atoms with Crippen molar-refractivity contribution in [2.75, 3.05) is 11.9 Å². The first kappa shape index (κ1) is 15.9. The van der Waals surface area contributed by atoms with Crippen LogP contribution in [0.2, 0.25) is 0 Å². The highest BCUT2D eigenvalue weighted by Crippen LogP contribution is 2.05. The van der Waals surface area contributed by atoms with Crippen LogP contribution in [0, 0.1) is 5.95 Å². The van der Waals surface area contributed by atoms with Crippen LogP contribution in [0.5, 0.6) is 0 Å². The number of rotatable bonds is 8. The zero-order chi connectivity index (χ0) is 15.0. The van der Waals surface area contributed by atoms with E-state index in [1.807, 2.05) is 6.92 Å². The zero-order valence-corrected chi connectivity index (χ0v) is 11.2. The van der Waals surface area contributed by atoms with Crippen molar-refractivity contribution in [1.29, 1.82) is 0 Å². The molecule has 0 saturated carbocycles. The Bertz CT molecular complexity index is 468. The molecule has 0 spiro atoms. The van der Waals surface area contributed by atoms with Crippen LogP contribution in [0.4, 0.5) is 15.0 Å². The molecule has 0 radical (unpaired) electrons. The smallest absolute Gasteiger partial charge is 0.405 e. The number of aromatic nitrogens is 1. The highest BCUT2D eigenvalue weighted by Gasteiger charge is 2.19. The summed E-state index contributed by atoms with van der Waals surface area (Å²) in [5.74, 6) is -0.705. The third-order valence-corrected chi connectivity index (χ3v) is 2.69. The van der Waals surface area contributed by atoms with Crippen LogP contribution < -0.4 is 10.6 Å². The summed E-state index contributed by atoms with van der Waals surface area (Å²) < 4.78 is 12.9. The molecule has 1 unspecified atom stereocenters. The minimum absolute atomic E-state index is 0.106. The van der Waals surface area contributed by atoms with Crippen LogP contribution in [0.3, 0.4) is 0 Å². The molecule has 20 heavy (non-hydrogen) atoms. The summed E-state index contributed by atoms with van der Waals surface area (Å²) in [5.41, 5.74) is 0. The van der Waals surface area contributed by atoms with E-state index in [2.05, 4.69) is 15.6 Å². The van der Waals surface area contributed by atoms with Gasteiger partial charge in [-0.25, -0.2) is 9.78 Å². The number of pyridine rings is 1. The van der Waals surface area contributed by atoms with Gasteiger partial charge >= 0.3 is 6.09 Å². The molecule has 0 bridgehead atoms. The summed E-state index contributed by atoms with van der Waals surface area (Å²) in [6, 6.07) is 3.44. The van der Waals surface area contributed by atoms with Crippen molar-refractivity contribution in [3.8, 4) is 0 Å². The maximum Gasteiger partial charge on any atom is 0.405 e. The Morgan fingerprint density at radius 2 is 2.20 bits per heavy atom. The van der Waals surface area contributed by atoms with Crippen LogP contribution in [-0.4, -0.2) is 34.6 Å². The second-order valence-electron chi connectivity index (χ2n) is 4.31. The Hall–Kier alpha value is -2.18. The highest BCUT2D eigenvalue weighted by molar-refractivity contribution is 5.90. The molecule has 1 heterocycles. The van der Waals surface area contributed by atoms with Crippen LogP contribution in [0.25, 0.3) is 0 Å². The monoisotopic (exact) mass is 283 g/mol. The number of nitrogens with zero attached hydrogens (tertiary/aromatic N) is 1. The van der Waals surface area contributed by atoms with Gasteiger partial charge in [0.2, 0.25) is 5.95 Å². The number of halogens is 1. The number of hydrogen-bond donors (Lipinski definition) is 3. The number of hydrogen-bond acceptors (Lipinski definition) is 4. The summed E-state index contributed by atoms with van der Waals surface area (Å²) in [6.07, 6.45) is 0.821. The van der Waals surface area contributed by atoms with Crippen molar-refractivity contribution in [2.45, 2.75) is 32.2 Å². The van der Waals surface area contributed by atoms with Gasteiger partial charge in [-0.1, -0.05) is 25.8 Å². The molecule has 1 atom stereocenters. The van der Waals surface area contributed by atoms with Gasteiger partial charge in [-0.05, 0) is 18.6 Å². The first-order valence-electron chi connectivity index (χ1n) is 6.41. The molecule has 1 amide bonds. The first-order valence-corrected chi connectivity index (χ1v) is 6.41. The van der Waals surface area contributed by atoms with E-state index in [0.29, 0.717) is 6.42 Å². The zero-order valence-electron chi connectivity index (χ0n) is 11.2. The fourth-order valence-corrected chi connectivity index (χ4v) is 1.68. The van der Waals surface area contributed by atoms with Gasteiger partial charge in [0.25, 0.3) is 0 Å². The third-order valence-electron chi connectivity index (χ3n) is 2.69. The largest absolute Gasteiger partial charge is 0.465 e. The van der Waals surface area contributed by atoms with E-state index in [-0.39, 0.29) is 18.1 Å². The molecule has 0 aliphatic heterocycles. The van der Waals surface area contributed by atoms with Gasteiger partial charge in [-0.15, -0.1) is 0 Å². The SMILES string of the molecule is CCCCC(NC(=O)O)C(=O)CNc1cccc(F)n1. The van der Waals surface area contributed by atoms with E-state index in [4.69, 9.17) is 5.11 Å². The summed E-state index contributed by atoms with van der Waals surface area (Å²) in [7, 11) is 0. The molecular weight excluding hydrogens is 265 g/mol. The average Bonchev–Trinajstić information content (AvgIpc) is 2.40. The van der Waals surface area contributed by atoms with Crippen molar-refractivity contribution in [3.05, 3.63) is 24.1 Å². The second kappa shape index (κ2) is 8.08. The lowest BCUT2D eigenvalue weighted by molar-refractivity contribution is -0.119. The predicted molar refractivity (Wildman–Crippen MR) is 72.2 cm³/mol. The lowest BCUT2D eigenvalue weighted by Gasteiger charge is -2.15. The highest BCUT2D eigenvalue weighted by atomic mass is 19.1. The topological polar surface area (TPSA) is 91.3 Å². The molecule has 0 saturated heterocycles. The van der Waals surface area contributed by atoms with E-state index in [9.17, 15) is 14.0 Å². The molecule has 0 aliphatic carbocycles. The van der Waals surface area contributed by atoms with Crippen LogP contribution >= 0.6 is 0 Å². The predicted octanol–water partition coefficient (Wildman–Crippen LogP) is 2.03. The fraction of sp³-hybridized carbons (Fsp3) is 0.462. The molecule has 1 aromatic heterocycles. The van der Waals surface area contributed by atoms with Crippen molar-refractivity contribution in [3.63, 3.8) is 0 Å². The van der Waals surface area contributed by atoms with E-state index in [1.54, 1.807) is 0 Å². The molecule has 3 N–H and O–H groups in total. The number of nitrogens with one attached hydrogen (secondary N) is 2. The average molecular weight is 283 g/mol. The second-order valence-corrected chi connectivity index (χ2v) is 4.31. The van der Waals surface area contributed by atoms with Crippen molar-refractivity contribution >= 4 is 17.7 Å². The van der Waals surface area contributed by atoms with Gasteiger partial charge in [0, 0.05) is 0 Å². The minimum Gasteiger partial charge on any atom is -0.465 e. The quantitative estimate of drug-likeness (QED) is 0.635. The molecule has 110 valence electrons. The number of amides is 1. The number of Topliss-reactive ketones (excluding diaryl/α,β-unsaturated/α-hetero) is 1. The molecule has 6 nitrogen and oxygen atoms in total. The molecule has 0 fully saturated rings. The number of carbonyl (C=O) groups is 2. The number of carbonyl (C=O) groups excluding carboxylic acids is 1. The van der Waals surface area contributed by atoms with Crippen LogP contribution in [-0.2, 0) is 4.79 Å². The normalized spacial score (nSPS) is 11.7. The van der Waals surface area contributed by atoms with Crippen molar-refractivity contribution in [1.82, 2.24) is 10.3 Å². The lowest BCUT2D eigenvalue weighted by Crippen LogP contribution is -2.42. The van der Waals surface area contributed by atoms with E-state index >= 15 is 0 Å². The number of carboxylic acid groups (broad SMARTS) is 1. The Morgan fingerprint density at radius 3 is 2.80 bits per heavy atom. The van der Waals surface area contributed by atoms with Gasteiger partial charge in [-0.3, -0.25) is 4.79 Å². The number of ketones is 1. The summed E-state index contributed by atoms with van der Waals surface area (Å²) in [5, 5.41) is 13.6. The minimum atomic E-state index is -1.23. The van der Waals surface area contributed by atoms with Crippen LogP contribution in [0.15, 0.2) is 18.2 Å². The summed E-state index contributed by atoms with van der Waals surface area (Å²) in [6.45, 7) is 1.85. The van der Waals surface area contributed by atoms with Crippen molar-refractivity contribution in [2.24, 2.45) is 0 Å². The first-order chi connectivity index (χ1) is 9.52. The molecule has 0 aromatic carbocycles. The van der Waals surface area contributed by atoms with Crippen LogP contribution in [0.1, 0.15) is 26.2 Å².